The SMILES string of the molecule is COc1cc(CNCc2ccccc2)cc2c1OCCO2. The second-order valence-electron chi connectivity index (χ2n) is 4.91. The van der Waals surface area contributed by atoms with E-state index >= 15 is 0 Å². The molecule has 0 amide bonds. The molecule has 0 saturated carbocycles. The average molecular weight is 285 g/mol. The summed E-state index contributed by atoms with van der Waals surface area (Å²) in [5.74, 6) is 2.19. The first-order valence-electron chi connectivity index (χ1n) is 7.08. The van der Waals surface area contributed by atoms with Crippen LogP contribution in [0.1, 0.15) is 11.1 Å². The molecule has 0 saturated heterocycles. The predicted octanol–water partition coefficient (Wildman–Crippen LogP) is 2.76. The maximum Gasteiger partial charge on any atom is 0.203 e. The van der Waals surface area contributed by atoms with Crippen LogP contribution in [0.15, 0.2) is 42.5 Å². The van der Waals surface area contributed by atoms with Gasteiger partial charge in [0.2, 0.25) is 5.75 Å². The van der Waals surface area contributed by atoms with Gasteiger partial charge in [-0.2, -0.15) is 0 Å². The monoisotopic (exact) mass is 285 g/mol. The Morgan fingerprint density at radius 2 is 1.76 bits per heavy atom. The van der Waals surface area contributed by atoms with Crippen LogP contribution < -0.4 is 19.5 Å². The molecule has 2 aromatic rings. The number of fused-ring (bicyclic) bond motifs is 1. The summed E-state index contributed by atoms with van der Waals surface area (Å²) in [6.07, 6.45) is 0. The zero-order chi connectivity index (χ0) is 14.5. The molecule has 0 bridgehead atoms. The van der Waals surface area contributed by atoms with Gasteiger partial charge < -0.3 is 19.5 Å². The first-order valence-corrected chi connectivity index (χ1v) is 7.08. The minimum absolute atomic E-state index is 0.564. The highest BCUT2D eigenvalue weighted by atomic mass is 16.6. The van der Waals surface area contributed by atoms with Crippen LogP contribution in [-0.4, -0.2) is 20.3 Å². The van der Waals surface area contributed by atoms with Crippen molar-refractivity contribution in [1.82, 2.24) is 5.32 Å². The number of hydrogen-bond acceptors (Lipinski definition) is 4. The molecule has 2 aromatic carbocycles. The molecular weight excluding hydrogens is 266 g/mol. The Bertz CT molecular complexity index is 581. The van der Waals surface area contributed by atoms with Crippen LogP contribution >= 0.6 is 0 Å². The molecular formula is C17H19NO3. The molecule has 1 heterocycles. The third-order valence-corrected chi connectivity index (χ3v) is 3.39. The number of methoxy groups -OCH3 is 1. The van der Waals surface area contributed by atoms with Gasteiger partial charge in [0.05, 0.1) is 7.11 Å². The summed E-state index contributed by atoms with van der Waals surface area (Å²) < 4.78 is 16.6. The molecule has 0 aromatic heterocycles. The summed E-state index contributed by atoms with van der Waals surface area (Å²) in [7, 11) is 1.65. The Balaban J connectivity index is 1.68. The highest BCUT2D eigenvalue weighted by molar-refractivity contribution is 5.54. The van der Waals surface area contributed by atoms with Crippen molar-refractivity contribution in [3.8, 4) is 17.2 Å². The van der Waals surface area contributed by atoms with Gasteiger partial charge in [0.15, 0.2) is 11.5 Å². The lowest BCUT2D eigenvalue weighted by molar-refractivity contribution is 0.165. The molecule has 3 rings (SSSR count). The highest BCUT2D eigenvalue weighted by Gasteiger charge is 2.18. The molecule has 1 aliphatic rings. The Morgan fingerprint density at radius 3 is 2.57 bits per heavy atom. The van der Waals surface area contributed by atoms with Gasteiger partial charge in [-0.1, -0.05) is 30.3 Å². The van der Waals surface area contributed by atoms with Gasteiger partial charge in [0, 0.05) is 13.1 Å². The summed E-state index contributed by atoms with van der Waals surface area (Å²) in [4.78, 5) is 0. The molecule has 1 aliphatic heterocycles. The zero-order valence-electron chi connectivity index (χ0n) is 12.1. The van der Waals surface area contributed by atoms with E-state index < -0.39 is 0 Å². The number of rotatable bonds is 5. The Kier molecular flexibility index (Phi) is 4.26. The van der Waals surface area contributed by atoms with E-state index in [1.807, 2.05) is 30.3 Å². The lowest BCUT2D eigenvalue weighted by atomic mass is 10.1. The van der Waals surface area contributed by atoms with E-state index in [0.717, 1.165) is 30.2 Å². The molecule has 0 atom stereocenters. The summed E-state index contributed by atoms with van der Waals surface area (Å²) in [5.41, 5.74) is 2.38. The van der Waals surface area contributed by atoms with Crippen LogP contribution in [-0.2, 0) is 13.1 Å². The molecule has 1 N–H and O–H groups in total. The molecule has 21 heavy (non-hydrogen) atoms. The van der Waals surface area contributed by atoms with Gasteiger partial charge in [0.1, 0.15) is 13.2 Å². The van der Waals surface area contributed by atoms with E-state index in [9.17, 15) is 0 Å². The summed E-state index contributed by atoms with van der Waals surface area (Å²) in [6, 6.07) is 14.3. The van der Waals surface area contributed by atoms with Crippen molar-refractivity contribution in [2.24, 2.45) is 0 Å². The third kappa shape index (κ3) is 3.28. The summed E-state index contributed by atoms with van der Waals surface area (Å²) in [5, 5.41) is 3.42. The average Bonchev–Trinajstić information content (AvgIpc) is 2.55. The second kappa shape index (κ2) is 6.50. The molecule has 110 valence electrons. The molecule has 0 unspecified atom stereocenters. The van der Waals surface area contributed by atoms with Crippen molar-refractivity contribution in [2.45, 2.75) is 13.1 Å². The zero-order valence-corrected chi connectivity index (χ0v) is 12.1. The minimum Gasteiger partial charge on any atom is -0.493 e. The maximum atomic E-state index is 5.64. The Morgan fingerprint density at radius 1 is 1.00 bits per heavy atom. The largest absolute Gasteiger partial charge is 0.493 e. The van der Waals surface area contributed by atoms with Crippen LogP contribution in [0.5, 0.6) is 17.2 Å². The van der Waals surface area contributed by atoms with E-state index in [2.05, 4.69) is 17.4 Å². The molecule has 4 nitrogen and oxygen atoms in total. The summed E-state index contributed by atoms with van der Waals surface area (Å²) in [6.45, 7) is 2.73. The van der Waals surface area contributed by atoms with Gasteiger partial charge >= 0.3 is 0 Å². The van der Waals surface area contributed by atoms with Gasteiger partial charge in [-0.25, -0.2) is 0 Å². The van der Waals surface area contributed by atoms with E-state index in [0.29, 0.717) is 19.0 Å². The van der Waals surface area contributed by atoms with Crippen molar-refractivity contribution >= 4 is 0 Å². The standard InChI is InChI=1S/C17H19NO3/c1-19-15-9-14(10-16-17(15)21-8-7-20-16)12-18-11-13-5-3-2-4-6-13/h2-6,9-10,18H,7-8,11-12H2,1H3. The predicted molar refractivity (Wildman–Crippen MR) is 81.0 cm³/mol. The van der Waals surface area contributed by atoms with Crippen LogP contribution in [0.3, 0.4) is 0 Å². The topological polar surface area (TPSA) is 39.7 Å². The summed E-state index contributed by atoms with van der Waals surface area (Å²) >= 11 is 0. The normalized spacial score (nSPS) is 13.0. The second-order valence-corrected chi connectivity index (χ2v) is 4.91. The minimum atomic E-state index is 0.564. The Labute approximate surface area is 124 Å². The molecule has 0 fully saturated rings. The lowest BCUT2D eigenvalue weighted by Gasteiger charge is -2.21. The third-order valence-electron chi connectivity index (χ3n) is 3.39. The molecule has 0 radical (unpaired) electrons. The maximum absolute atomic E-state index is 5.64. The lowest BCUT2D eigenvalue weighted by Crippen LogP contribution is -2.17. The van der Waals surface area contributed by atoms with Gasteiger partial charge in [-0.15, -0.1) is 0 Å². The Hall–Kier alpha value is -2.20. The van der Waals surface area contributed by atoms with Gasteiger partial charge in [-0.3, -0.25) is 0 Å². The first kappa shape index (κ1) is 13.8. The first-order chi connectivity index (χ1) is 10.4. The molecule has 0 aliphatic carbocycles. The molecule has 4 heteroatoms. The number of benzene rings is 2. The smallest absolute Gasteiger partial charge is 0.203 e. The van der Waals surface area contributed by atoms with E-state index in [1.54, 1.807) is 7.11 Å². The number of ether oxygens (including phenoxy) is 3. The van der Waals surface area contributed by atoms with Crippen molar-refractivity contribution in [1.29, 1.82) is 0 Å². The van der Waals surface area contributed by atoms with Crippen LogP contribution in [0.25, 0.3) is 0 Å². The van der Waals surface area contributed by atoms with Crippen molar-refractivity contribution in [3.05, 3.63) is 53.6 Å². The van der Waals surface area contributed by atoms with Gasteiger partial charge in [0.25, 0.3) is 0 Å². The fourth-order valence-corrected chi connectivity index (χ4v) is 2.38. The van der Waals surface area contributed by atoms with E-state index in [4.69, 9.17) is 14.2 Å². The van der Waals surface area contributed by atoms with Gasteiger partial charge in [-0.05, 0) is 23.3 Å². The van der Waals surface area contributed by atoms with Crippen molar-refractivity contribution < 1.29 is 14.2 Å². The van der Waals surface area contributed by atoms with Crippen LogP contribution in [0, 0.1) is 0 Å². The van der Waals surface area contributed by atoms with E-state index in [-0.39, 0.29) is 0 Å². The van der Waals surface area contributed by atoms with E-state index in [1.165, 1.54) is 5.56 Å². The van der Waals surface area contributed by atoms with Crippen molar-refractivity contribution in [2.75, 3.05) is 20.3 Å². The highest BCUT2D eigenvalue weighted by Crippen LogP contribution is 2.40. The van der Waals surface area contributed by atoms with Crippen LogP contribution in [0.2, 0.25) is 0 Å². The van der Waals surface area contributed by atoms with Crippen LogP contribution in [0.4, 0.5) is 0 Å². The fourth-order valence-electron chi connectivity index (χ4n) is 2.38. The molecule has 0 spiro atoms. The number of nitrogens with one attached hydrogen (secondary N) is 1. The quantitative estimate of drug-likeness (QED) is 0.917. The van der Waals surface area contributed by atoms with Crippen molar-refractivity contribution in [3.63, 3.8) is 0 Å². The fraction of sp³-hybridized carbons (Fsp3) is 0.294. The number of hydrogen-bond donors (Lipinski definition) is 1.